The number of Topliss-reactive ketones (excluding diaryl/α,β-unsaturated/α-hetero) is 1. The second kappa shape index (κ2) is 9.11. The van der Waals surface area contributed by atoms with Gasteiger partial charge < -0.3 is 19.6 Å². The molecule has 1 aliphatic rings. The molecule has 2 N–H and O–H groups in total. The van der Waals surface area contributed by atoms with Crippen LogP contribution in [0.5, 0.6) is 5.75 Å². The number of ketones is 1. The van der Waals surface area contributed by atoms with Crippen molar-refractivity contribution >= 4 is 5.78 Å². The van der Waals surface area contributed by atoms with E-state index in [-0.39, 0.29) is 11.3 Å². The van der Waals surface area contributed by atoms with E-state index in [4.69, 9.17) is 9.72 Å². The van der Waals surface area contributed by atoms with Gasteiger partial charge in [-0.15, -0.1) is 0 Å². The van der Waals surface area contributed by atoms with Gasteiger partial charge in [0.25, 0.3) is 0 Å². The van der Waals surface area contributed by atoms with Crippen LogP contribution in [0.4, 0.5) is 0 Å². The zero-order valence-corrected chi connectivity index (χ0v) is 19.2. The SMILES string of the molecule is CN(C)CCOc1ccc(-c2nc(-c3ccc(=O)[nH]c3)c(-c3ccc4c(c3)CCC4=O)[nH]2)cc1. The van der Waals surface area contributed by atoms with Crippen molar-refractivity contribution in [1.82, 2.24) is 19.9 Å². The molecule has 4 aromatic rings. The van der Waals surface area contributed by atoms with Crippen LogP contribution in [0.25, 0.3) is 33.9 Å². The van der Waals surface area contributed by atoms with Crippen molar-refractivity contribution in [2.24, 2.45) is 0 Å². The minimum absolute atomic E-state index is 0.165. The quantitative estimate of drug-likeness (QED) is 0.437. The number of H-pyrrole nitrogens is 2. The monoisotopic (exact) mass is 454 g/mol. The topological polar surface area (TPSA) is 91.1 Å². The number of likely N-dealkylation sites (N-methyl/N-ethyl adjacent to an activating group) is 1. The first kappa shape index (κ1) is 21.9. The third-order valence-electron chi connectivity index (χ3n) is 6.01. The smallest absolute Gasteiger partial charge is 0.247 e. The fraction of sp³-hybridized carbons (Fsp3) is 0.222. The minimum Gasteiger partial charge on any atom is -0.492 e. The van der Waals surface area contributed by atoms with E-state index in [0.717, 1.165) is 57.9 Å². The molecule has 0 bridgehead atoms. The summed E-state index contributed by atoms with van der Waals surface area (Å²) in [5, 5.41) is 0. The molecule has 1 aliphatic carbocycles. The van der Waals surface area contributed by atoms with Gasteiger partial charge in [-0.1, -0.05) is 12.1 Å². The number of aromatic amines is 2. The van der Waals surface area contributed by atoms with Crippen LogP contribution in [0.15, 0.2) is 65.6 Å². The Hall–Kier alpha value is -3.97. The number of nitrogens with one attached hydrogen (secondary N) is 2. The Balaban J connectivity index is 1.52. The molecule has 0 saturated heterocycles. The summed E-state index contributed by atoms with van der Waals surface area (Å²) in [5.41, 5.74) is 5.96. The number of aromatic nitrogens is 3. The lowest BCUT2D eigenvalue weighted by Crippen LogP contribution is -2.19. The van der Waals surface area contributed by atoms with E-state index < -0.39 is 0 Å². The van der Waals surface area contributed by atoms with Gasteiger partial charge in [0.05, 0.1) is 11.4 Å². The fourth-order valence-electron chi connectivity index (χ4n) is 4.15. The molecule has 2 aromatic carbocycles. The van der Waals surface area contributed by atoms with E-state index in [1.807, 2.05) is 50.5 Å². The average molecular weight is 455 g/mol. The molecule has 0 amide bonds. The molecule has 2 aromatic heterocycles. The van der Waals surface area contributed by atoms with Crippen molar-refractivity contribution < 1.29 is 9.53 Å². The Labute approximate surface area is 197 Å². The lowest BCUT2D eigenvalue weighted by molar-refractivity contribution is 0.0994. The highest BCUT2D eigenvalue weighted by atomic mass is 16.5. The van der Waals surface area contributed by atoms with Crippen molar-refractivity contribution in [3.8, 4) is 39.7 Å². The van der Waals surface area contributed by atoms with Gasteiger partial charge in [0, 0.05) is 47.5 Å². The molecule has 0 saturated carbocycles. The standard InChI is InChI=1S/C27H26N4O3/c1-31(2)13-14-34-21-8-3-17(4-9-21)27-29-25(26(30-27)20-7-12-24(33)28-16-20)19-5-10-22-18(15-19)6-11-23(22)32/h3-5,7-10,12,15-16H,6,11,13-14H2,1-2H3,(H,28,33)(H,29,30). The number of nitrogens with zero attached hydrogens (tertiary/aromatic N) is 2. The summed E-state index contributed by atoms with van der Waals surface area (Å²) < 4.78 is 5.80. The predicted octanol–water partition coefficient (Wildman–Crippen LogP) is 4.17. The number of imidazole rings is 1. The van der Waals surface area contributed by atoms with E-state index >= 15 is 0 Å². The summed E-state index contributed by atoms with van der Waals surface area (Å²) in [6.07, 6.45) is 2.99. The van der Waals surface area contributed by atoms with Crippen molar-refractivity contribution in [3.05, 3.63) is 82.3 Å². The van der Waals surface area contributed by atoms with Gasteiger partial charge in [-0.3, -0.25) is 9.59 Å². The average Bonchev–Trinajstić information content (AvgIpc) is 3.44. The maximum absolute atomic E-state index is 12.1. The van der Waals surface area contributed by atoms with Gasteiger partial charge in [-0.2, -0.15) is 0 Å². The second-order valence-corrected chi connectivity index (χ2v) is 8.72. The molecule has 0 atom stereocenters. The normalized spacial score (nSPS) is 12.9. The molecule has 5 rings (SSSR count). The third kappa shape index (κ3) is 4.43. The van der Waals surface area contributed by atoms with Crippen LogP contribution in [0.3, 0.4) is 0 Å². The van der Waals surface area contributed by atoms with Gasteiger partial charge in [0.15, 0.2) is 5.78 Å². The van der Waals surface area contributed by atoms with E-state index in [9.17, 15) is 9.59 Å². The molecule has 0 spiro atoms. The van der Waals surface area contributed by atoms with Gasteiger partial charge in [0.1, 0.15) is 18.2 Å². The molecule has 7 nitrogen and oxygen atoms in total. The van der Waals surface area contributed by atoms with Gasteiger partial charge in [0.2, 0.25) is 5.56 Å². The first-order valence-electron chi connectivity index (χ1n) is 11.3. The predicted molar refractivity (Wildman–Crippen MR) is 132 cm³/mol. The summed E-state index contributed by atoms with van der Waals surface area (Å²) in [5.74, 6) is 1.72. The molecule has 7 heteroatoms. The van der Waals surface area contributed by atoms with E-state index in [1.165, 1.54) is 6.07 Å². The molecule has 0 fully saturated rings. The van der Waals surface area contributed by atoms with Crippen LogP contribution in [0.2, 0.25) is 0 Å². The molecule has 0 unspecified atom stereocenters. The lowest BCUT2D eigenvalue weighted by atomic mass is 10.0. The first-order valence-corrected chi connectivity index (χ1v) is 11.3. The van der Waals surface area contributed by atoms with Crippen molar-refractivity contribution in [3.63, 3.8) is 0 Å². The molecule has 0 aliphatic heterocycles. The summed E-state index contributed by atoms with van der Waals surface area (Å²) in [6.45, 7) is 1.46. The van der Waals surface area contributed by atoms with Crippen molar-refractivity contribution in [2.75, 3.05) is 27.2 Å². The zero-order chi connectivity index (χ0) is 23.7. The second-order valence-electron chi connectivity index (χ2n) is 8.72. The molecule has 34 heavy (non-hydrogen) atoms. The van der Waals surface area contributed by atoms with Gasteiger partial charge >= 0.3 is 0 Å². The van der Waals surface area contributed by atoms with E-state index in [2.05, 4.69) is 20.9 Å². The van der Waals surface area contributed by atoms with Crippen LogP contribution < -0.4 is 10.3 Å². The minimum atomic E-state index is -0.165. The number of carbonyl (C=O) groups excluding carboxylic acids is 1. The Bertz CT molecular complexity index is 1380. The highest BCUT2D eigenvalue weighted by Gasteiger charge is 2.22. The van der Waals surface area contributed by atoms with E-state index in [0.29, 0.717) is 18.9 Å². The van der Waals surface area contributed by atoms with Crippen LogP contribution in [0, 0.1) is 0 Å². The molecular formula is C27H26N4O3. The van der Waals surface area contributed by atoms with Crippen molar-refractivity contribution in [2.45, 2.75) is 12.8 Å². The first-order chi connectivity index (χ1) is 16.5. The Morgan fingerprint density at radius 3 is 2.44 bits per heavy atom. The number of carbonyl (C=O) groups is 1. The summed E-state index contributed by atoms with van der Waals surface area (Å²) in [6, 6.07) is 17.0. The molecule has 0 radical (unpaired) electrons. The maximum Gasteiger partial charge on any atom is 0.247 e. The number of hydrogen-bond acceptors (Lipinski definition) is 5. The lowest BCUT2D eigenvalue weighted by Gasteiger charge is -2.11. The Kier molecular flexibility index (Phi) is 5.86. The number of hydrogen-bond donors (Lipinski definition) is 2. The highest BCUT2D eigenvalue weighted by molar-refractivity contribution is 6.01. The number of pyridine rings is 1. The van der Waals surface area contributed by atoms with Crippen LogP contribution in [0.1, 0.15) is 22.3 Å². The largest absolute Gasteiger partial charge is 0.492 e. The summed E-state index contributed by atoms with van der Waals surface area (Å²) in [4.78, 5) is 36.9. The van der Waals surface area contributed by atoms with E-state index in [1.54, 1.807) is 12.3 Å². The van der Waals surface area contributed by atoms with Crippen molar-refractivity contribution in [1.29, 1.82) is 0 Å². The van der Waals surface area contributed by atoms with Crippen LogP contribution in [-0.4, -0.2) is 52.9 Å². The van der Waals surface area contributed by atoms with Gasteiger partial charge in [-0.05, 0) is 62.5 Å². The summed E-state index contributed by atoms with van der Waals surface area (Å²) in [7, 11) is 4.03. The highest BCUT2D eigenvalue weighted by Crippen LogP contribution is 2.35. The van der Waals surface area contributed by atoms with Crippen LogP contribution in [-0.2, 0) is 6.42 Å². The fourth-order valence-corrected chi connectivity index (χ4v) is 4.15. The molecule has 172 valence electrons. The summed E-state index contributed by atoms with van der Waals surface area (Å²) >= 11 is 0. The maximum atomic E-state index is 12.1. The zero-order valence-electron chi connectivity index (χ0n) is 19.2. The number of benzene rings is 2. The number of fused-ring (bicyclic) bond motifs is 1. The third-order valence-corrected chi connectivity index (χ3v) is 6.01. The Morgan fingerprint density at radius 2 is 1.71 bits per heavy atom. The number of aryl methyl sites for hydroxylation is 1. The van der Waals surface area contributed by atoms with Gasteiger partial charge in [-0.25, -0.2) is 4.98 Å². The molecular weight excluding hydrogens is 428 g/mol. The molecule has 2 heterocycles. The Morgan fingerprint density at radius 1 is 0.941 bits per heavy atom. The number of rotatable bonds is 7. The van der Waals surface area contributed by atoms with Crippen LogP contribution >= 0.6 is 0 Å². The number of ether oxygens (including phenoxy) is 1.